The molecule has 0 saturated carbocycles. The predicted octanol–water partition coefficient (Wildman–Crippen LogP) is 2.70. The van der Waals surface area contributed by atoms with Crippen molar-refractivity contribution in [1.29, 1.82) is 0 Å². The highest BCUT2D eigenvalue weighted by atomic mass is 16.3. The molecule has 1 aromatic rings. The van der Waals surface area contributed by atoms with E-state index in [0.717, 1.165) is 26.2 Å². The van der Waals surface area contributed by atoms with Crippen LogP contribution in [0.1, 0.15) is 44.1 Å². The SMILES string of the molecule is OCCNCCCCCCCCNCc1ccccc1. The molecule has 1 rings (SSSR count). The van der Waals surface area contributed by atoms with Crippen molar-refractivity contribution >= 4 is 0 Å². The van der Waals surface area contributed by atoms with Gasteiger partial charge in [0.05, 0.1) is 6.61 Å². The van der Waals surface area contributed by atoms with Crippen LogP contribution in [-0.4, -0.2) is 31.3 Å². The van der Waals surface area contributed by atoms with Gasteiger partial charge in [-0.2, -0.15) is 0 Å². The zero-order chi connectivity index (χ0) is 14.3. The Morgan fingerprint density at radius 3 is 1.95 bits per heavy atom. The highest BCUT2D eigenvalue weighted by Crippen LogP contribution is 2.04. The summed E-state index contributed by atoms with van der Waals surface area (Å²) in [7, 11) is 0. The normalized spacial score (nSPS) is 10.8. The van der Waals surface area contributed by atoms with Crippen LogP contribution in [-0.2, 0) is 6.54 Å². The van der Waals surface area contributed by atoms with Crippen molar-refractivity contribution in [2.75, 3.05) is 26.2 Å². The molecule has 3 heteroatoms. The van der Waals surface area contributed by atoms with Gasteiger partial charge >= 0.3 is 0 Å². The second-order valence-corrected chi connectivity index (χ2v) is 5.26. The Hall–Kier alpha value is -0.900. The summed E-state index contributed by atoms with van der Waals surface area (Å²) in [6, 6.07) is 10.6. The summed E-state index contributed by atoms with van der Waals surface area (Å²) in [6.45, 7) is 4.12. The number of unbranched alkanes of at least 4 members (excludes halogenated alkanes) is 5. The summed E-state index contributed by atoms with van der Waals surface area (Å²) in [5, 5.41) is 15.3. The van der Waals surface area contributed by atoms with Gasteiger partial charge in [-0.3, -0.25) is 0 Å². The molecule has 0 aromatic heterocycles. The van der Waals surface area contributed by atoms with E-state index in [-0.39, 0.29) is 6.61 Å². The maximum Gasteiger partial charge on any atom is 0.0555 e. The summed E-state index contributed by atoms with van der Waals surface area (Å²) >= 11 is 0. The van der Waals surface area contributed by atoms with Crippen molar-refractivity contribution in [3.63, 3.8) is 0 Å². The van der Waals surface area contributed by atoms with Crippen LogP contribution in [0, 0.1) is 0 Å². The monoisotopic (exact) mass is 278 g/mol. The molecule has 0 aliphatic rings. The Bertz CT molecular complexity index is 303. The molecule has 0 heterocycles. The topological polar surface area (TPSA) is 44.3 Å². The molecule has 0 amide bonds. The first-order valence-corrected chi connectivity index (χ1v) is 7.99. The lowest BCUT2D eigenvalue weighted by Gasteiger charge is -2.05. The van der Waals surface area contributed by atoms with Crippen molar-refractivity contribution in [3.05, 3.63) is 35.9 Å². The van der Waals surface area contributed by atoms with Crippen LogP contribution in [0.3, 0.4) is 0 Å². The molecule has 0 saturated heterocycles. The van der Waals surface area contributed by atoms with Gasteiger partial charge in [-0.1, -0.05) is 56.0 Å². The first-order valence-electron chi connectivity index (χ1n) is 7.99. The molecule has 20 heavy (non-hydrogen) atoms. The lowest BCUT2D eigenvalue weighted by atomic mass is 10.1. The Labute approximate surface area is 123 Å². The van der Waals surface area contributed by atoms with Crippen LogP contribution in [0.15, 0.2) is 30.3 Å². The maximum absolute atomic E-state index is 8.61. The van der Waals surface area contributed by atoms with Gasteiger partial charge in [0.15, 0.2) is 0 Å². The average Bonchev–Trinajstić information content (AvgIpc) is 2.49. The second kappa shape index (κ2) is 13.1. The number of hydrogen-bond acceptors (Lipinski definition) is 3. The maximum atomic E-state index is 8.61. The summed E-state index contributed by atoms with van der Waals surface area (Å²) in [4.78, 5) is 0. The molecule has 0 fully saturated rings. The highest BCUT2D eigenvalue weighted by molar-refractivity contribution is 5.14. The van der Waals surface area contributed by atoms with Gasteiger partial charge in [-0.25, -0.2) is 0 Å². The van der Waals surface area contributed by atoms with Crippen LogP contribution in [0.4, 0.5) is 0 Å². The molecule has 0 unspecified atom stereocenters. The number of nitrogens with one attached hydrogen (secondary N) is 2. The Kier molecular flexibility index (Phi) is 11.2. The van der Waals surface area contributed by atoms with Crippen LogP contribution in [0.25, 0.3) is 0 Å². The minimum absolute atomic E-state index is 0.246. The lowest BCUT2D eigenvalue weighted by molar-refractivity contribution is 0.292. The first kappa shape index (κ1) is 17.2. The summed E-state index contributed by atoms with van der Waals surface area (Å²) < 4.78 is 0. The number of aliphatic hydroxyl groups excluding tert-OH is 1. The van der Waals surface area contributed by atoms with Crippen molar-refractivity contribution in [2.45, 2.75) is 45.1 Å². The summed E-state index contributed by atoms with van der Waals surface area (Å²) in [6.07, 6.45) is 7.80. The quantitative estimate of drug-likeness (QED) is 0.486. The van der Waals surface area contributed by atoms with Gasteiger partial charge in [-0.05, 0) is 31.5 Å². The van der Waals surface area contributed by atoms with Gasteiger partial charge in [0, 0.05) is 13.1 Å². The summed E-state index contributed by atoms with van der Waals surface area (Å²) in [5.41, 5.74) is 1.36. The van der Waals surface area contributed by atoms with Gasteiger partial charge in [0.2, 0.25) is 0 Å². The molecule has 3 nitrogen and oxygen atoms in total. The van der Waals surface area contributed by atoms with Crippen LogP contribution < -0.4 is 10.6 Å². The molecule has 3 N–H and O–H groups in total. The van der Waals surface area contributed by atoms with Gasteiger partial charge in [0.1, 0.15) is 0 Å². The molecule has 114 valence electrons. The number of hydrogen-bond donors (Lipinski definition) is 3. The molecule has 0 atom stereocenters. The largest absolute Gasteiger partial charge is 0.395 e. The zero-order valence-corrected chi connectivity index (χ0v) is 12.6. The fourth-order valence-corrected chi connectivity index (χ4v) is 2.24. The van der Waals surface area contributed by atoms with E-state index >= 15 is 0 Å². The standard InChI is InChI=1S/C17H30N2O/c20-15-14-18-12-8-3-1-2-4-9-13-19-16-17-10-6-5-7-11-17/h5-7,10-11,18-20H,1-4,8-9,12-16H2. The van der Waals surface area contributed by atoms with Crippen molar-refractivity contribution in [2.24, 2.45) is 0 Å². The highest BCUT2D eigenvalue weighted by Gasteiger charge is 1.93. The predicted molar refractivity (Wildman–Crippen MR) is 85.8 cm³/mol. The van der Waals surface area contributed by atoms with Gasteiger partial charge in [0.25, 0.3) is 0 Å². The van der Waals surface area contributed by atoms with E-state index in [1.54, 1.807) is 0 Å². The minimum Gasteiger partial charge on any atom is -0.395 e. The Balaban J connectivity index is 1.77. The van der Waals surface area contributed by atoms with E-state index in [4.69, 9.17) is 5.11 Å². The van der Waals surface area contributed by atoms with Crippen LogP contribution in [0.2, 0.25) is 0 Å². The van der Waals surface area contributed by atoms with E-state index in [9.17, 15) is 0 Å². The smallest absolute Gasteiger partial charge is 0.0555 e. The lowest BCUT2D eigenvalue weighted by Crippen LogP contribution is -2.19. The van der Waals surface area contributed by atoms with Gasteiger partial charge in [-0.15, -0.1) is 0 Å². The molecule has 0 spiro atoms. The van der Waals surface area contributed by atoms with Gasteiger partial charge < -0.3 is 15.7 Å². The van der Waals surface area contributed by atoms with E-state index in [1.807, 2.05) is 0 Å². The molecule has 0 bridgehead atoms. The van der Waals surface area contributed by atoms with Crippen molar-refractivity contribution in [1.82, 2.24) is 10.6 Å². The second-order valence-electron chi connectivity index (χ2n) is 5.26. The molecular formula is C17H30N2O. The third-order valence-electron chi connectivity index (χ3n) is 3.42. The Morgan fingerprint density at radius 1 is 0.700 bits per heavy atom. The Morgan fingerprint density at radius 2 is 1.30 bits per heavy atom. The first-order chi connectivity index (χ1) is 9.93. The average molecular weight is 278 g/mol. The molecule has 0 aliphatic carbocycles. The van der Waals surface area contributed by atoms with Crippen LogP contribution >= 0.6 is 0 Å². The third-order valence-corrected chi connectivity index (χ3v) is 3.42. The third kappa shape index (κ3) is 9.96. The molecular weight excluding hydrogens is 248 g/mol. The fraction of sp³-hybridized carbons (Fsp3) is 0.647. The molecule has 1 aromatic carbocycles. The zero-order valence-electron chi connectivity index (χ0n) is 12.6. The number of benzene rings is 1. The molecule has 0 radical (unpaired) electrons. The van der Waals surface area contributed by atoms with E-state index < -0.39 is 0 Å². The minimum atomic E-state index is 0.246. The number of rotatable bonds is 13. The van der Waals surface area contributed by atoms with E-state index in [2.05, 4.69) is 41.0 Å². The summed E-state index contributed by atoms with van der Waals surface area (Å²) in [5.74, 6) is 0. The fourth-order valence-electron chi connectivity index (χ4n) is 2.24. The molecule has 0 aliphatic heterocycles. The van der Waals surface area contributed by atoms with E-state index in [0.29, 0.717) is 0 Å². The van der Waals surface area contributed by atoms with Crippen molar-refractivity contribution in [3.8, 4) is 0 Å². The van der Waals surface area contributed by atoms with Crippen LogP contribution in [0.5, 0.6) is 0 Å². The van der Waals surface area contributed by atoms with E-state index in [1.165, 1.54) is 44.1 Å². The number of aliphatic hydroxyl groups is 1. The van der Waals surface area contributed by atoms with Crippen molar-refractivity contribution < 1.29 is 5.11 Å².